The molecule has 0 unspecified atom stereocenters. The Labute approximate surface area is 104 Å². The fourth-order valence-electron chi connectivity index (χ4n) is 1.82. The quantitative estimate of drug-likeness (QED) is 0.570. The molecule has 0 atom stereocenters. The largest absolute Gasteiger partial charge is 0.381 e. The number of nitrogens with two attached hydrogens (primary N) is 1. The highest BCUT2D eigenvalue weighted by Crippen LogP contribution is 2.24. The summed E-state index contributed by atoms with van der Waals surface area (Å²) in [5.74, 6) is 0.473. The molecule has 5 heteroatoms. The van der Waals surface area contributed by atoms with Crippen molar-refractivity contribution in [2.45, 2.75) is 44.8 Å². The third-order valence-electron chi connectivity index (χ3n) is 2.88. The van der Waals surface area contributed by atoms with E-state index in [2.05, 4.69) is 31.1 Å². The maximum atomic E-state index is 5.84. The molecule has 0 aromatic rings. The van der Waals surface area contributed by atoms with Crippen LogP contribution in [0.2, 0.25) is 0 Å². The van der Waals surface area contributed by atoms with Crippen molar-refractivity contribution in [1.82, 2.24) is 5.32 Å². The van der Waals surface area contributed by atoms with Crippen LogP contribution in [0, 0.1) is 0 Å². The Kier molecular flexibility index (Phi) is 4.77. The van der Waals surface area contributed by atoms with Crippen molar-refractivity contribution in [2.24, 2.45) is 10.7 Å². The summed E-state index contributed by atoms with van der Waals surface area (Å²) in [5.41, 5.74) is 5.57. The molecule has 1 saturated heterocycles. The molecule has 0 bridgehead atoms. The second kappa shape index (κ2) is 5.69. The summed E-state index contributed by atoms with van der Waals surface area (Å²) in [6, 6.07) is 0. The van der Waals surface area contributed by atoms with Crippen LogP contribution in [0.3, 0.4) is 0 Å². The summed E-state index contributed by atoms with van der Waals surface area (Å²) in [7, 11) is 1.73. The van der Waals surface area contributed by atoms with Crippen LogP contribution in [0.4, 0.5) is 0 Å². The van der Waals surface area contributed by atoms with Gasteiger partial charge in [0.15, 0.2) is 5.96 Å². The van der Waals surface area contributed by atoms with E-state index in [0.29, 0.717) is 12.5 Å². The van der Waals surface area contributed by atoms with Gasteiger partial charge in [-0.25, -0.2) is 0 Å². The van der Waals surface area contributed by atoms with E-state index in [1.54, 1.807) is 7.11 Å². The molecule has 1 aliphatic rings. The first-order chi connectivity index (χ1) is 7.87. The summed E-state index contributed by atoms with van der Waals surface area (Å²) in [6.45, 7) is 8.20. The van der Waals surface area contributed by atoms with E-state index >= 15 is 0 Å². The van der Waals surface area contributed by atoms with Gasteiger partial charge in [-0.15, -0.1) is 0 Å². The first kappa shape index (κ1) is 14.3. The molecule has 0 spiro atoms. The van der Waals surface area contributed by atoms with Gasteiger partial charge in [0.25, 0.3) is 0 Å². The van der Waals surface area contributed by atoms with Gasteiger partial charge in [-0.3, -0.25) is 4.99 Å². The summed E-state index contributed by atoms with van der Waals surface area (Å²) in [6.07, 6.45) is 1.74. The lowest BCUT2D eigenvalue weighted by atomic mass is 9.94. The second-order valence-corrected chi connectivity index (χ2v) is 5.58. The van der Waals surface area contributed by atoms with E-state index < -0.39 is 0 Å². The molecule has 3 N–H and O–H groups in total. The van der Waals surface area contributed by atoms with Crippen molar-refractivity contribution in [3.05, 3.63) is 0 Å². The number of guanidine groups is 1. The molecule has 0 saturated carbocycles. The van der Waals surface area contributed by atoms with Crippen molar-refractivity contribution in [1.29, 1.82) is 0 Å². The predicted octanol–water partition coefficient (Wildman–Crippen LogP) is 0.885. The Hall–Kier alpha value is -0.810. The molecule has 1 fully saturated rings. The third kappa shape index (κ3) is 4.91. The first-order valence-electron chi connectivity index (χ1n) is 6.08. The van der Waals surface area contributed by atoms with Crippen molar-refractivity contribution in [3.63, 3.8) is 0 Å². The molecule has 1 rings (SSSR count). The Morgan fingerprint density at radius 2 is 2.00 bits per heavy atom. The normalized spacial score (nSPS) is 21.3. The van der Waals surface area contributed by atoms with Crippen molar-refractivity contribution in [2.75, 3.05) is 26.9 Å². The molecule has 0 aromatic heterocycles. The van der Waals surface area contributed by atoms with E-state index in [0.717, 1.165) is 26.1 Å². The number of hydrogen-bond donors (Lipinski definition) is 2. The average molecular weight is 243 g/mol. The van der Waals surface area contributed by atoms with Gasteiger partial charge in [-0.05, 0) is 20.8 Å². The highest BCUT2D eigenvalue weighted by Gasteiger charge is 2.32. The summed E-state index contributed by atoms with van der Waals surface area (Å²) < 4.78 is 10.9. The number of nitrogens with zero attached hydrogens (tertiary/aromatic N) is 1. The second-order valence-electron chi connectivity index (χ2n) is 5.58. The smallest absolute Gasteiger partial charge is 0.189 e. The van der Waals surface area contributed by atoms with Gasteiger partial charge < -0.3 is 20.5 Å². The zero-order valence-electron chi connectivity index (χ0n) is 11.4. The minimum atomic E-state index is -0.206. The lowest BCUT2D eigenvalue weighted by molar-refractivity contribution is -0.0828. The van der Waals surface area contributed by atoms with Crippen LogP contribution in [0.1, 0.15) is 33.6 Å². The summed E-state index contributed by atoms with van der Waals surface area (Å²) in [5, 5.41) is 3.14. The van der Waals surface area contributed by atoms with E-state index in [4.69, 9.17) is 15.2 Å². The van der Waals surface area contributed by atoms with Crippen molar-refractivity contribution < 1.29 is 9.47 Å². The lowest BCUT2D eigenvalue weighted by Gasteiger charge is -2.34. The number of methoxy groups -OCH3 is 1. The number of aliphatic imine (C=N–C) groups is 1. The fourth-order valence-corrected chi connectivity index (χ4v) is 1.82. The maximum Gasteiger partial charge on any atom is 0.189 e. The highest BCUT2D eigenvalue weighted by atomic mass is 16.5. The van der Waals surface area contributed by atoms with E-state index in [-0.39, 0.29) is 11.1 Å². The Balaban J connectivity index is 2.54. The van der Waals surface area contributed by atoms with Gasteiger partial charge >= 0.3 is 0 Å². The van der Waals surface area contributed by atoms with Crippen LogP contribution in [-0.4, -0.2) is 44.0 Å². The van der Waals surface area contributed by atoms with Gasteiger partial charge in [0.2, 0.25) is 0 Å². The zero-order valence-corrected chi connectivity index (χ0v) is 11.4. The molecular weight excluding hydrogens is 218 g/mol. The van der Waals surface area contributed by atoms with Crippen LogP contribution in [0.5, 0.6) is 0 Å². The van der Waals surface area contributed by atoms with Crippen molar-refractivity contribution in [3.8, 4) is 0 Å². The number of ether oxygens (including phenoxy) is 2. The van der Waals surface area contributed by atoms with Crippen LogP contribution in [0.25, 0.3) is 0 Å². The molecule has 0 radical (unpaired) electrons. The Morgan fingerprint density at radius 3 is 2.47 bits per heavy atom. The predicted molar refractivity (Wildman–Crippen MR) is 69.2 cm³/mol. The van der Waals surface area contributed by atoms with E-state index in [1.165, 1.54) is 0 Å². The van der Waals surface area contributed by atoms with Gasteiger partial charge in [-0.1, -0.05) is 0 Å². The fraction of sp³-hybridized carbons (Fsp3) is 0.917. The molecule has 0 amide bonds. The number of rotatable bonds is 3. The topological polar surface area (TPSA) is 68.9 Å². The van der Waals surface area contributed by atoms with Gasteiger partial charge in [0, 0.05) is 38.7 Å². The molecular formula is C12H25N3O2. The third-order valence-corrected chi connectivity index (χ3v) is 2.88. The first-order valence-corrected chi connectivity index (χ1v) is 6.08. The van der Waals surface area contributed by atoms with Gasteiger partial charge in [0.1, 0.15) is 0 Å². The zero-order chi connectivity index (χ0) is 12.9. The molecule has 0 aliphatic carbocycles. The molecule has 1 aliphatic heterocycles. The standard InChI is InChI=1S/C12H25N3O2/c1-11(2,3)15-10(13)14-9-12(16-4)5-7-17-8-6-12/h5-9H2,1-4H3,(H3,13,14,15). The minimum Gasteiger partial charge on any atom is -0.381 e. The summed E-state index contributed by atoms with van der Waals surface area (Å²) in [4.78, 5) is 4.38. The van der Waals surface area contributed by atoms with Gasteiger partial charge in [-0.2, -0.15) is 0 Å². The van der Waals surface area contributed by atoms with Crippen molar-refractivity contribution >= 4 is 5.96 Å². The van der Waals surface area contributed by atoms with E-state index in [1.807, 2.05) is 0 Å². The minimum absolute atomic E-state index is 0.0660. The number of nitrogens with one attached hydrogen (secondary N) is 1. The van der Waals surface area contributed by atoms with E-state index in [9.17, 15) is 0 Å². The van der Waals surface area contributed by atoms with Crippen LogP contribution in [0.15, 0.2) is 4.99 Å². The van der Waals surface area contributed by atoms with Crippen LogP contribution >= 0.6 is 0 Å². The average Bonchev–Trinajstić information content (AvgIpc) is 2.25. The molecule has 1 heterocycles. The molecule has 0 aromatic carbocycles. The molecule has 17 heavy (non-hydrogen) atoms. The monoisotopic (exact) mass is 243 g/mol. The highest BCUT2D eigenvalue weighted by molar-refractivity contribution is 5.78. The lowest BCUT2D eigenvalue weighted by Crippen LogP contribution is -2.47. The van der Waals surface area contributed by atoms with Gasteiger partial charge in [0.05, 0.1) is 12.1 Å². The molecule has 5 nitrogen and oxygen atoms in total. The van der Waals surface area contributed by atoms with Crippen LogP contribution < -0.4 is 11.1 Å². The maximum absolute atomic E-state index is 5.84. The van der Waals surface area contributed by atoms with Crippen LogP contribution in [-0.2, 0) is 9.47 Å². The Morgan fingerprint density at radius 1 is 1.41 bits per heavy atom. The summed E-state index contributed by atoms with van der Waals surface area (Å²) >= 11 is 0. The number of hydrogen-bond acceptors (Lipinski definition) is 3. The Bertz CT molecular complexity index is 265. The SMILES string of the molecule is COC1(CN=C(N)NC(C)(C)C)CCOCC1. The molecule has 100 valence electrons.